The first kappa shape index (κ1) is 9.05. The molecule has 0 aromatic carbocycles. The first-order valence-corrected chi connectivity index (χ1v) is 4.77. The topological polar surface area (TPSA) is 81.1 Å². The van der Waals surface area contributed by atoms with Gasteiger partial charge >= 0.3 is 5.97 Å². The van der Waals surface area contributed by atoms with E-state index in [0.717, 1.165) is 25.7 Å². The summed E-state index contributed by atoms with van der Waals surface area (Å²) in [7, 11) is 0. The van der Waals surface area contributed by atoms with Gasteiger partial charge in [0.05, 0.1) is 6.04 Å². The molecule has 1 aromatic rings. The van der Waals surface area contributed by atoms with E-state index in [9.17, 15) is 4.79 Å². The smallest absolute Gasteiger partial charge is 0.354 e. The molecule has 5 heteroatoms. The summed E-state index contributed by atoms with van der Waals surface area (Å²) >= 11 is 0. The Labute approximate surface area is 81.5 Å². The van der Waals surface area contributed by atoms with Gasteiger partial charge in [-0.25, -0.2) is 4.79 Å². The van der Waals surface area contributed by atoms with Gasteiger partial charge in [0.15, 0.2) is 0 Å². The Hall–Kier alpha value is -1.52. The molecule has 1 fully saturated rings. The molecule has 0 amide bonds. The van der Waals surface area contributed by atoms with Crippen molar-refractivity contribution < 1.29 is 9.90 Å². The van der Waals surface area contributed by atoms with Crippen molar-refractivity contribution in [3.8, 4) is 0 Å². The zero-order valence-corrected chi connectivity index (χ0v) is 7.81. The van der Waals surface area contributed by atoms with E-state index < -0.39 is 5.97 Å². The summed E-state index contributed by atoms with van der Waals surface area (Å²) in [5.41, 5.74) is 5.69. The second kappa shape index (κ2) is 3.32. The zero-order chi connectivity index (χ0) is 10.1. The Morgan fingerprint density at radius 3 is 2.79 bits per heavy atom. The van der Waals surface area contributed by atoms with Crippen molar-refractivity contribution in [1.29, 1.82) is 0 Å². The molecule has 0 saturated heterocycles. The second-order valence-corrected chi connectivity index (χ2v) is 3.64. The fourth-order valence-corrected chi connectivity index (χ4v) is 2.00. The average molecular weight is 195 g/mol. The predicted molar refractivity (Wildman–Crippen MR) is 51.1 cm³/mol. The van der Waals surface area contributed by atoms with Crippen molar-refractivity contribution in [2.24, 2.45) is 0 Å². The summed E-state index contributed by atoms with van der Waals surface area (Å²) in [5.74, 6) is -0.671. The highest BCUT2D eigenvalue weighted by Crippen LogP contribution is 2.30. The molecular formula is C9H13N3O2. The number of anilines is 1. The fourth-order valence-electron chi connectivity index (χ4n) is 2.00. The van der Waals surface area contributed by atoms with Gasteiger partial charge in [0.25, 0.3) is 0 Å². The zero-order valence-electron chi connectivity index (χ0n) is 7.81. The number of carbonyl (C=O) groups is 1. The van der Waals surface area contributed by atoms with Crippen molar-refractivity contribution in [1.82, 2.24) is 9.78 Å². The molecule has 14 heavy (non-hydrogen) atoms. The lowest BCUT2D eigenvalue weighted by Crippen LogP contribution is -2.14. The molecule has 5 nitrogen and oxygen atoms in total. The van der Waals surface area contributed by atoms with Crippen LogP contribution in [0.4, 0.5) is 5.82 Å². The standard InChI is InChI=1S/C9H13N3O2/c10-8-5-7(9(13)14)12(11-8)6-3-1-2-4-6/h5-6H,1-4H2,(H2,10,11)(H,13,14). The lowest BCUT2D eigenvalue weighted by Gasteiger charge is -2.11. The molecule has 3 N–H and O–H groups in total. The second-order valence-electron chi connectivity index (χ2n) is 3.64. The molecular weight excluding hydrogens is 182 g/mol. The van der Waals surface area contributed by atoms with Gasteiger partial charge in [0, 0.05) is 6.07 Å². The van der Waals surface area contributed by atoms with Gasteiger partial charge < -0.3 is 10.8 Å². The first-order chi connectivity index (χ1) is 6.68. The molecule has 1 aromatic heterocycles. The van der Waals surface area contributed by atoms with Crippen LogP contribution in [0, 0.1) is 0 Å². The average Bonchev–Trinajstić information content (AvgIpc) is 2.70. The van der Waals surface area contributed by atoms with Gasteiger partial charge in [-0.15, -0.1) is 0 Å². The van der Waals surface area contributed by atoms with E-state index in [1.807, 2.05) is 0 Å². The maximum Gasteiger partial charge on any atom is 0.354 e. The molecule has 0 spiro atoms. The third-order valence-corrected chi connectivity index (χ3v) is 2.64. The van der Waals surface area contributed by atoms with Crippen LogP contribution < -0.4 is 5.73 Å². The fraction of sp³-hybridized carbons (Fsp3) is 0.556. The van der Waals surface area contributed by atoms with Crippen LogP contribution in [-0.2, 0) is 0 Å². The lowest BCUT2D eigenvalue weighted by molar-refractivity contribution is 0.0680. The molecule has 2 rings (SSSR count). The number of nitrogens with two attached hydrogens (primary N) is 1. The van der Waals surface area contributed by atoms with Gasteiger partial charge in [-0.2, -0.15) is 5.10 Å². The van der Waals surface area contributed by atoms with Crippen LogP contribution in [-0.4, -0.2) is 20.9 Å². The monoisotopic (exact) mass is 195 g/mol. The molecule has 1 heterocycles. The highest BCUT2D eigenvalue weighted by molar-refractivity contribution is 5.86. The number of nitrogen functional groups attached to an aromatic ring is 1. The molecule has 1 aliphatic rings. The highest BCUT2D eigenvalue weighted by atomic mass is 16.4. The van der Waals surface area contributed by atoms with E-state index in [-0.39, 0.29) is 17.6 Å². The van der Waals surface area contributed by atoms with Gasteiger partial charge in [0.1, 0.15) is 11.5 Å². The summed E-state index contributed by atoms with van der Waals surface area (Å²) in [5, 5.41) is 13.0. The van der Waals surface area contributed by atoms with Crippen LogP contribution in [0.3, 0.4) is 0 Å². The molecule has 0 bridgehead atoms. The Morgan fingerprint density at radius 2 is 2.21 bits per heavy atom. The lowest BCUT2D eigenvalue weighted by atomic mass is 10.2. The Morgan fingerprint density at radius 1 is 1.57 bits per heavy atom. The van der Waals surface area contributed by atoms with Crippen molar-refractivity contribution in [3.63, 3.8) is 0 Å². The van der Waals surface area contributed by atoms with Crippen molar-refractivity contribution in [2.75, 3.05) is 5.73 Å². The number of carboxylic acids is 1. The first-order valence-electron chi connectivity index (χ1n) is 4.77. The normalized spacial score (nSPS) is 17.4. The van der Waals surface area contributed by atoms with Crippen LogP contribution in [0.1, 0.15) is 42.2 Å². The van der Waals surface area contributed by atoms with Crippen molar-refractivity contribution >= 4 is 11.8 Å². The summed E-state index contributed by atoms with van der Waals surface area (Å²) in [6.45, 7) is 0. The van der Waals surface area contributed by atoms with Crippen molar-refractivity contribution in [2.45, 2.75) is 31.7 Å². The minimum Gasteiger partial charge on any atom is -0.477 e. The number of nitrogens with zero attached hydrogens (tertiary/aromatic N) is 2. The highest BCUT2D eigenvalue weighted by Gasteiger charge is 2.23. The van der Waals surface area contributed by atoms with Crippen LogP contribution in [0.15, 0.2) is 6.07 Å². The van der Waals surface area contributed by atoms with Crippen LogP contribution in [0.2, 0.25) is 0 Å². The van der Waals surface area contributed by atoms with Crippen LogP contribution in [0.25, 0.3) is 0 Å². The number of hydrogen-bond donors (Lipinski definition) is 2. The maximum atomic E-state index is 10.9. The van der Waals surface area contributed by atoms with E-state index in [1.165, 1.54) is 6.07 Å². The van der Waals surface area contributed by atoms with E-state index in [4.69, 9.17) is 10.8 Å². The molecule has 1 aliphatic carbocycles. The Kier molecular flexibility index (Phi) is 2.15. The van der Waals surface area contributed by atoms with Crippen molar-refractivity contribution in [3.05, 3.63) is 11.8 Å². The number of aromatic nitrogens is 2. The molecule has 0 aliphatic heterocycles. The van der Waals surface area contributed by atoms with E-state index in [0.29, 0.717) is 0 Å². The predicted octanol–water partition coefficient (Wildman–Crippen LogP) is 1.28. The quantitative estimate of drug-likeness (QED) is 0.744. The van der Waals surface area contributed by atoms with Gasteiger partial charge in [0.2, 0.25) is 0 Å². The number of rotatable bonds is 2. The third kappa shape index (κ3) is 1.45. The summed E-state index contributed by atoms with van der Waals surface area (Å²) in [6, 6.07) is 1.64. The summed E-state index contributed by atoms with van der Waals surface area (Å²) in [6.07, 6.45) is 4.29. The number of carboxylic acid groups (broad SMARTS) is 1. The third-order valence-electron chi connectivity index (χ3n) is 2.64. The molecule has 76 valence electrons. The number of aromatic carboxylic acids is 1. The van der Waals surface area contributed by atoms with Gasteiger partial charge in [-0.1, -0.05) is 12.8 Å². The maximum absolute atomic E-state index is 10.9. The van der Waals surface area contributed by atoms with E-state index in [1.54, 1.807) is 4.68 Å². The molecule has 0 atom stereocenters. The summed E-state index contributed by atoms with van der Waals surface area (Å²) < 4.78 is 1.56. The number of hydrogen-bond acceptors (Lipinski definition) is 3. The largest absolute Gasteiger partial charge is 0.477 e. The van der Waals surface area contributed by atoms with Gasteiger partial charge in [-0.3, -0.25) is 4.68 Å². The van der Waals surface area contributed by atoms with Gasteiger partial charge in [-0.05, 0) is 12.8 Å². The van der Waals surface area contributed by atoms with E-state index >= 15 is 0 Å². The SMILES string of the molecule is Nc1cc(C(=O)O)n(C2CCCC2)n1. The van der Waals surface area contributed by atoms with E-state index in [2.05, 4.69) is 5.10 Å². The van der Waals surface area contributed by atoms with Crippen LogP contribution in [0.5, 0.6) is 0 Å². The minimum atomic E-state index is -0.957. The Bertz CT molecular complexity index is 353. The summed E-state index contributed by atoms with van der Waals surface area (Å²) in [4.78, 5) is 10.9. The molecule has 0 unspecified atom stereocenters. The molecule has 1 saturated carbocycles. The molecule has 0 radical (unpaired) electrons. The minimum absolute atomic E-state index is 0.203. The van der Waals surface area contributed by atoms with Crippen LogP contribution >= 0.6 is 0 Å². The Balaban J connectivity index is 2.35.